The summed E-state index contributed by atoms with van der Waals surface area (Å²) in [5.41, 5.74) is 5.43. The number of hydrogen-bond donors (Lipinski definition) is 2. The van der Waals surface area contributed by atoms with Crippen molar-refractivity contribution in [2.24, 2.45) is 5.73 Å². The van der Waals surface area contributed by atoms with E-state index < -0.39 is 0 Å². The number of carbonyl (C=O) groups excluding carboxylic acids is 1. The Morgan fingerprint density at radius 2 is 2.20 bits per heavy atom. The minimum atomic E-state index is 0.0634. The van der Waals surface area contributed by atoms with E-state index >= 15 is 0 Å². The summed E-state index contributed by atoms with van der Waals surface area (Å²) in [5.74, 6) is 0.559. The van der Waals surface area contributed by atoms with Crippen molar-refractivity contribution < 1.29 is 9.53 Å². The van der Waals surface area contributed by atoms with Gasteiger partial charge in [0.1, 0.15) is 0 Å². The van der Waals surface area contributed by atoms with Crippen LogP contribution in [0.1, 0.15) is 20.3 Å². The highest BCUT2D eigenvalue weighted by Crippen LogP contribution is 2.12. The van der Waals surface area contributed by atoms with Crippen LogP contribution in [-0.4, -0.2) is 43.2 Å². The van der Waals surface area contributed by atoms with Crippen LogP contribution in [0.4, 0.5) is 0 Å². The van der Waals surface area contributed by atoms with Crippen LogP contribution >= 0.6 is 11.8 Å². The smallest absolute Gasteiger partial charge is 0.230 e. The van der Waals surface area contributed by atoms with Gasteiger partial charge in [0.15, 0.2) is 0 Å². The maximum Gasteiger partial charge on any atom is 0.230 e. The molecule has 0 bridgehead atoms. The van der Waals surface area contributed by atoms with Gasteiger partial charge in [0.2, 0.25) is 5.91 Å². The van der Waals surface area contributed by atoms with Gasteiger partial charge in [0, 0.05) is 18.4 Å². The number of nitrogens with two attached hydrogens (primary N) is 1. The molecule has 2 unspecified atom stereocenters. The van der Waals surface area contributed by atoms with Gasteiger partial charge in [-0.3, -0.25) is 4.79 Å². The minimum absolute atomic E-state index is 0.0634. The van der Waals surface area contributed by atoms with Crippen molar-refractivity contribution in [1.29, 1.82) is 0 Å². The van der Waals surface area contributed by atoms with Crippen LogP contribution in [0, 0.1) is 0 Å². The Labute approximate surface area is 96.3 Å². The minimum Gasteiger partial charge on any atom is -0.383 e. The van der Waals surface area contributed by atoms with E-state index in [9.17, 15) is 4.79 Å². The lowest BCUT2D eigenvalue weighted by Gasteiger charge is -2.14. The number of carbonyl (C=O) groups is 1. The van der Waals surface area contributed by atoms with Crippen LogP contribution in [0.2, 0.25) is 0 Å². The summed E-state index contributed by atoms with van der Waals surface area (Å²) in [4.78, 5) is 11.4. The van der Waals surface area contributed by atoms with Crippen molar-refractivity contribution in [1.82, 2.24) is 5.32 Å². The quantitative estimate of drug-likeness (QED) is 0.646. The molecular weight excluding hydrogens is 212 g/mol. The third-order valence-electron chi connectivity index (χ3n) is 1.90. The Bertz CT molecular complexity index is 179. The Morgan fingerprint density at radius 1 is 1.53 bits per heavy atom. The molecule has 0 spiro atoms. The van der Waals surface area contributed by atoms with Crippen LogP contribution in [0.3, 0.4) is 0 Å². The molecule has 0 heterocycles. The predicted octanol–water partition coefficient (Wildman–Crippen LogP) is 0.608. The first kappa shape index (κ1) is 14.7. The third kappa shape index (κ3) is 8.72. The fourth-order valence-corrected chi connectivity index (χ4v) is 1.97. The standard InChI is InChI=1S/C10H22N2O2S/c1-8(6-14-3)12-10(13)7-15-9(2)4-5-11/h8-9H,4-7,11H2,1-3H3,(H,12,13). The van der Waals surface area contributed by atoms with Crippen LogP contribution in [0.5, 0.6) is 0 Å². The van der Waals surface area contributed by atoms with Gasteiger partial charge in [-0.2, -0.15) is 0 Å². The van der Waals surface area contributed by atoms with Gasteiger partial charge >= 0.3 is 0 Å². The van der Waals surface area contributed by atoms with Gasteiger partial charge in [-0.1, -0.05) is 6.92 Å². The molecule has 90 valence electrons. The molecule has 0 aliphatic carbocycles. The van der Waals surface area contributed by atoms with E-state index in [1.165, 1.54) is 0 Å². The maximum absolute atomic E-state index is 11.4. The average molecular weight is 234 g/mol. The van der Waals surface area contributed by atoms with Gasteiger partial charge in [-0.05, 0) is 19.9 Å². The summed E-state index contributed by atoms with van der Waals surface area (Å²) in [5, 5.41) is 3.31. The van der Waals surface area contributed by atoms with Crippen molar-refractivity contribution in [3.05, 3.63) is 0 Å². The monoisotopic (exact) mass is 234 g/mol. The second kappa shape index (κ2) is 9.00. The second-order valence-corrected chi connectivity index (χ2v) is 5.05. The highest BCUT2D eigenvalue weighted by Gasteiger charge is 2.09. The van der Waals surface area contributed by atoms with E-state index in [0.29, 0.717) is 24.2 Å². The zero-order valence-corrected chi connectivity index (χ0v) is 10.6. The fourth-order valence-electron chi connectivity index (χ4n) is 1.14. The molecule has 0 radical (unpaired) electrons. The summed E-state index contributed by atoms with van der Waals surface area (Å²) in [7, 11) is 1.63. The van der Waals surface area contributed by atoms with Crippen molar-refractivity contribution >= 4 is 17.7 Å². The van der Waals surface area contributed by atoms with E-state index in [1.54, 1.807) is 18.9 Å². The van der Waals surface area contributed by atoms with E-state index in [2.05, 4.69) is 12.2 Å². The van der Waals surface area contributed by atoms with Gasteiger partial charge < -0.3 is 15.8 Å². The lowest BCUT2D eigenvalue weighted by molar-refractivity contribution is -0.119. The van der Waals surface area contributed by atoms with Gasteiger partial charge in [0.25, 0.3) is 0 Å². The molecule has 0 aromatic rings. The fraction of sp³-hybridized carbons (Fsp3) is 0.900. The highest BCUT2D eigenvalue weighted by molar-refractivity contribution is 8.00. The van der Waals surface area contributed by atoms with Gasteiger partial charge in [0.05, 0.1) is 12.4 Å². The van der Waals surface area contributed by atoms with E-state index in [1.807, 2.05) is 6.92 Å². The summed E-state index contributed by atoms with van der Waals surface area (Å²) in [6, 6.07) is 0.0768. The van der Waals surface area contributed by atoms with E-state index in [-0.39, 0.29) is 11.9 Å². The average Bonchev–Trinajstić information content (AvgIpc) is 2.15. The molecule has 0 aliphatic rings. The molecular formula is C10H22N2O2S. The molecule has 5 heteroatoms. The number of nitrogens with one attached hydrogen (secondary N) is 1. The van der Waals surface area contributed by atoms with E-state index in [0.717, 1.165) is 6.42 Å². The van der Waals surface area contributed by atoms with Crippen molar-refractivity contribution in [2.45, 2.75) is 31.6 Å². The molecule has 0 saturated carbocycles. The zero-order chi connectivity index (χ0) is 11.7. The number of methoxy groups -OCH3 is 1. The normalized spacial score (nSPS) is 14.7. The molecule has 0 aromatic heterocycles. The first-order valence-electron chi connectivity index (χ1n) is 5.20. The highest BCUT2D eigenvalue weighted by atomic mass is 32.2. The molecule has 15 heavy (non-hydrogen) atoms. The number of thioether (sulfide) groups is 1. The first-order valence-corrected chi connectivity index (χ1v) is 6.25. The lowest BCUT2D eigenvalue weighted by Crippen LogP contribution is -2.37. The molecule has 0 aromatic carbocycles. The molecule has 1 amide bonds. The summed E-state index contributed by atoms with van der Waals surface area (Å²) in [6.07, 6.45) is 0.950. The third-order valence-corrected chi connectivity index (χ3v) is 3.13. The van der Waals surface area contributed by atoms with Crippen molar-refractivity contribution in [3.63, 3.8) is 0 Å². The molecule has 0 aliphatic heterocycles. The van der Waals surface area contributed by atoms with Crippen LogP contribution in [-0.2, 0) is 9.53 Å². The summed E-state index contributed by atoms with van der Waals surface area (Å²) >= 11 is 1.64. The molecule has 0 rings (SSSR count). The Hall–Kier alpha value is -0.260. The molecule has 3 N–H and O–H groups in total. The first-order chi connectivity index (χ1) is 7.10. The van der Waals surface area contributed by atoms with E-state index in [4.69, 9.17) is 10.5 Å². The van der Waals surface area contributed by atoms with Gasteiger partial charge in [-0.25, -0.2) is 0 Å². The maximum atomic E-state index is 11.4. The SMILES string of the molecule is COCC(C)NC(=O)CSC(C)CCN. The largest absolute Gasteiger partial charge is 0.383 e. The van der Waals surface area contributed by atoms with Crippen molar-refractivity contribution in [3.8, 4) is 0 Å². The number of hydrogen-bond acceptors (Lipinski definition) is 4. The molecule has 0 saturated heterocycles. The summed E-state index contributed by atoms with van der Waals surface area (Å²) in [6.45, 7) is 5.24. The number of amides is 1. The van der Waals surface area contributed by atoms with Gasteiger partial charge in [-0.15, -0.1) is 11.8 Å². The Kier molecular flexibility index (Phi) is 8.85. The zero-order valence-electron chi connectivity index (χ0n) is 9.79. The van der Waals surface area contributed by atoms with Crippen molar-refractivity contribution in [2.75, 3.05) is 26.0 Å². The topological polar surface area (TPSA) is 64.3 Å². The van der Waals surface area contributed by atoms with Crippen LogP contribution < -0.4 is 11.1 Å². The summed E-state index contributed by atoms with van der Waals surface area (Å²) < 4.78 is 4.93. The molecule has 4 nitrogen and oxygen atoms in total. The number of rotatable bonds is 8. The number of ether oxygens (including phenoxy) is 1. The molecule has 0 fully saturated rings. The Morgan fingerprint density at radius 3 is 2.73 bits per heavy atom. The lowest BCUT2D eigenvalue weighted by atomic mass is 10.3. The molecule has 2 atom stereocenters. The predicted molar refractivity (Wildman–Crippen MR) is 65.1 cm³/mol. The van der Waals surface area contributed by atoms with Crippen LogP contribution in [0.15, 0.2) is 0 Å². The van der Waals surface area contributed by atoms with Crippen LogP contribution in [0.25, 0.3) is 0 Å². The second-order valence-electron chi connectivity index (χ2n) is 3.62. The Balaban J connectivity index is 3.56.